The van der Waals surface area contributed by atoms with E-state index in [2.05, 4.69) is 0 Å². The molecule has 0 spiro atoms. The monoisotopic (exact) mass is 117 g/mol. The van der Waals surface area contributed by atoms with Crippen LogP contribution in [0.4, 0.5) is 0 Å². The van der Waals surface area contributed by atoms with Crippen molar-refractivity contribution < 1.29 is 10.2 Å². The molecule has 0 aromatic carbocycles. The van der Waals surface area contributed by atoms with Crippen LogP contribution in [0.3, 0.4) is 0 Å². The highest BCUT2D eigenvalue weighted by molar-refractivity contribution is 4.86. The molecule has 0 unspecified atom stereocenters. The normalized spacial score (nSPS) is 21.4. The summed E-state index contributed by atoms with van der Waals surface area (Å²) in [5, 5.41) is 17.8. The third-order valence-electron chi connectivity index (χ3n) is 1.53. The van der Waals surface area contributed by atoms with Crippen LogP contribution in [0, 0.1) is 5.92 Å². The number of nitrogens with two attached hydrogens (primary N) is 1. The van der Waals surface area contributed by atoms with Gasteiger partial charge in [-0.05, 0) is 12.8 Å². The van der Waals surface area contributed by atoms with E-state index < -0.39 is 5.79 Å². The van der Waals surface area contributed by atoms with E-state index in [9.17, 15) is 0 Å². The van der Waals surface area contributed by atoms with Crippen LogP contribution >= 0.6 is 0 Å². The van der Waals surface area contributed by atoms with Crippen molar-refractivity contribution >= 4 is 0 Å². The van der Waals surface area contributed by atoms with Gasteiger partial charge in [0.05, 0.1) is 0 Å². The minimum Gasteiger partial charge on any atom is -0.364 e. The lowest BCUT2D eigenvalue weighted by molar-refractivity contribution is -0.167. The number of hydrogen-bond acceptors (Lipinski definition) is 3. The van der Waals surface area contributed by atoms with Crippen molar-refractivity contribution in [1.82, 2.24) is 0 Å². The maximum absolute atomic E-state index is 8.89. The van der Waals surface area contributed by atoms with Crippen molar-refractivity contribution in [2.45, 2.75) is 18.6 Å². The van der Waals surface area contributed by atoms with Gasteiger partial charge < -0.3 is 15.9 Å². The molecule has 1 saturated carbocycles. The maximum atomic E-state index is 8.89. The van der Waals surface area contributed by atoms with Gasteiger partial charge in [-0.15, -0.1) is 0 Å². The highest BCUT2D eigenvalue weighted by atomic mass is 16.5. The topological polar surface area (TPSA) is 66.5 Å². The first-order valence-corrected chi connectivity index (χ1v) is 2.81. The largest absolute Gasteiger partial charge is 0.364 e. The van der Waals surface area contributed by atoms with Gasteiger partial charge in [-0.3, -0.25) is 0 Å². The van der Waals surface area contributed by atoms with Gasteiger partial charge in [0.1, 0.15) is 0 Å². The summed E-state index contributed by atoms with van der Waals surface area (Å²) in [5.41, 5.74) is 5.05. The number of rotatable bonds is 2. The van der Waals surface area contributed by atoms with E-state index in [-0.39, 0.29) is 12.5 Å². The summed E-state index contributed by atoms with van der Waals surface area (Å²) >= 11 is 0. The third-order valence-corrected chi connectivity index (χ3v) is 1.53. The molecule has 4 N–H and O–H groups in total. The van der Waals surface area contributed by atoms with E-state index in [0.717, 1.165) is 12.8 Å². The minimum absolute atomic E-state index is 0.0440. The van der Waals surface area contributed by atoms with E-state index in [4.69, 9.17) is 15.9 Å². The highest BCUT2D eigenvalue weighted by Gasteiger charge is 2.40. The fraction of sp³-hybridized carbons (Fsp3) is 1.00. The maximum Gasteiger partial charge on any atom is 0.178 e. The Hall–Kier alpha value is -0.120. The second-order valence-electron chi connectivity index (χ2n) is 2.36. The van der Waals surface area contributed by atoms with E-state index in [1.807, 2.05) is 0 Å². The molecule has 0 radical (unpaired) electrons. The fourth-order valence-corrected chi connectivity index (χ4v) is 0.712. The molecule has 0 saturated heterocycles. The molecule has 1 aliphatic rings. The third kappa shape index (κ3) is 0.992. The Labute approximate surface area is 48.1 Å². The van der Waals surface area contributed by atoms with Gasteiger partial charge in [0.25, 0.3) is 0 Å². The average molecular weight is 117 g/mol. The van der Waals surface area contributed by atoms with Crippen LogP contribution in [0.25, 0.3) is 0 Å². The fourth-order valence-electron chi connectivity index (χ4n) is 0.712. The first kappa shape index (κ1) is 6.01. The van der Waals surface area contributed by atoms with E-state index in [0.29, 0.717) is 0 Å². The quantitative estimate of drug-likeness (QED) is 0.408. The van der Waals surface area contributed by atoms with Crippen molar-refractivity contribution in [2.75, 3.05) is 6.54 Å². The SMILES string of the molecule is NCC(O)(O)C1CC1. The predicted octanol–water partition coefficient (Wildman–Crippen LogP) is -0.964. The average Bonchev–Trinajstić information content (AvgIpc) is 2.44. The zero-order chi connectivity index (χ0) is 6.20. The first-order chi connectivity index (χ1) is 3.67. The smallest absolute Gasteiger partial charge is 0.178 e. The Bertz CT molecular complexity index is 88.4. The molecule has 0 aliphatic heterocycles. The zero-order valence-electron chi connectivity index (χ0n) is 4.67. The van der Waals surface area contributed by atoms with Crippen molar-refractivity contribution in [3.8, 4) is 0 Å². The molecule has 1 aliphatic carbocycles. The van der Waals surface area contributed by atoms with Gasteiger partial charge in [-0.2, -0.15) is 0 Å². The second-order valence-corrected chi connectivity index (χ2v) is 2.36. The van der Waals surface area contributed by atoms with Gasteiger partial charge in [0, 0.05) is 12.5 Å². The minimum atomic E-state index is -1.57. The van der Waals surface area contributed by atoms with E-state index in [1.54, 1.807) is 0 Å². The molecule has 1 fully saturated rings. The highest BCUT2D eigenvalue weighted by Crippen LogP contribution is 2.37. The Kier molecular flexibility index (Phi) is 1.27. The lowest BCUT2D eigenvalue weighted by Crippen LogP contribution is -2.39. The van der Waals surface area contributed by atoms with Crippen LogP contribution in [-0.2, 0) is 0 Å². The molecule has 0 atom stereocenters. The summed E-state index contributed by atoms with van der Waals surface area (Å²) in [6.07, 6.45) is 1.81. The van der Waals surface area contributed by atoms with Gasteiger partial charge in [-0.25, -0.2) is 0 Å². The molecule has 3 heteroatoms. The Morgan fingerprint density at radius 2 is 2.00 bits per heavy atom. The molecule has 0 heterocycles. The van der Waals surface area contributed by atoms with E-state index >= 15 is 0 Å². The first-order valence-electron chi connectivity index (χ1n) is 2.81. The molecule has 1 rings (SSSR count). The molecule has 0 amide bonds. The van der Waals surface area contributed by atoms with Crippen LogP contribution in [-0.4, -0.2) is 22.5 Å². The van der Waals surface area contributed by atoms with Gasteiger partial charge in [0.15, 0.2) is 5.79 Å². The van der Waals surface area contributed by atoms with Gasteiger partial charge in [0.2, 0.25) is 0 Å². The van der Waals surface area contributed by atoms with Crippen LogP contribution in [0.5, 0.6) is 0 Å². The summed E-state index contributed by atoms with van der Waals surface area (Å²) in [6.45, 7) is -0.0440. The van der Waals surface area contributed by atoms with E-state index in [1.165, 1.54) is 0 Å². The van der Waals surface area contributed by atoms with Crippen LogP contribution in [0.1, 0.15) is 12.8 Å². The lowest BCUT2D eigenvalue weighted by Gasteiger charge is -2.17. The van der Waals surface area contributed by atoms with Crippen molar-refractivity contribution in [3.63, 3.8) is 0 Å². The summed E-state index contributed by atoms with van der Waals surface area (Å²) < 4.78 is 0. The molecule has 48 valence electrons. The Morgan fingerprint density at radius 3 is 2.12 bits per heavy atom. The van der Waals surface area contributed by atoms with Gasteiger partial charge in [-0.1, -0.05) is 0 Å². The van der Waals surface area contributed by atoms with Gasteiger partial charge >= 0.3 is 0 Å². The van der Waals surface area contributed by atoms with Crippen LogP contribution in [0.15, 0.2) is 0 Å². The molecule has 0 bridgehead atoms. The Balaban J connectivity index is 2.37. The standard InChI is InChI=1S/C5H11NO2/c6-3-5(7,8)4-1-2-4/h4,7-8H,1-3,6H2. The summed E-state index contributed by atoms with van der Waals surface area (Å²) in [7, 11) is 0. The summed E-state index contributed by atoms with van der Waals surface area (Å²) in [5.74, 6) is -1.52. The molecule has 0 aromatic rings. The van der Waals surface area contributed by atoms with Crippen LogP contribution in [0.2, 0.25) is 0 Å². The van der Waals surface area contributed by atoms with Crippen molar-refractivity contribution in [1.29, 1.82) is 0 Å². The van der Waals surface area contributed by atoms with Crippen molar-refractivity contribution in [3.05, 3.63) is 0 Å². The van der Waals surface area contributed by atoms with Crippen molar-refractivity contribution in [2.24, 2.45) is 11.7 Å². The number of aliphatic hydroxyl groups is 2. The molecule has 8 heavy (non-hydrogen) atoms. The summed E-state index contributed by atoms with van der Waals surface area (Å²) in [6, 6.07) is 0. The molecule has 0 aromatic heterocycles. The zero-order valence-corrected chi connectivity index (χ0v) is 4.67. The lowest BCUT2D eigenvalue weighted by atomic mass is 10.2. The summed E-state index contributed by atoms with van der Waals surface area (Å²) in [4.78, 5) is 0. The van der Waals surface area contributed by atoms with Crippen LogP contribution < -0.4 is 5.73 Å². The molecule has 3 nitrogen and oxygen atoms in total. The number of hydrogen-bond donors (Lipinski definition) is 3. The molecular formula is C5H11NO2. The second kappa shape index (κ2) is 1.69. The predicted molar refractivity (Wildman–Crippen MR) is 28.9 cm³/mol. The Morgan fingerprint density at radius 1 is 1.50 bits per heavy atom. The molecular weight excluding hydrogens is 106 g/mol.